The van der Waals surface area contributed by atoms with Crippen molar-refractivity contribution in [2.45, 2.75) is 40.5 Å². The minimum Gasteiger partial charge on any atom is -0.330 e. The average molecular weight is 788 g/mol. The molecule has 0 fully saturated rings. The maximum Gasteiger partial charge on any atom is 0.228 e. The van der Waals surface area contributed by atoms with Crippen LogP contribution in [0.3, 0.4) is 0 Å². The summed E-state index contributed by atoms with van der Waals surface area (Å²) in [5, 5.41) is 22.1. The maximum atomic E-state index is 12.2. The highest BCUT2D eigenvalue weighted by molar-refractivity contribution is 6.31. The van der Waals surface area contributed by atoms with Gasteiger partial charge in [0.2, 0.25) is 23.7 Å². The molecular formula is C42H40Cl2N10O2. The number of nitrogens with zero attached hydrogens (tertiary/aromatic N) is 5. The fourth-order valence-electron chi connectivity index (χ4n) is 6.13. The summed E-state index contributed by atoms with van der Waals surface area (Å²) >= 11 is 12.1. The minimum atomic E-state index is -0.134. The molecule has 0 saturated carbocycles. The third-order valence-electron chi connectivity index (χ3n) is 8.54. The normalized spacial score (nSPS) is 12.0. The second-order valence-electron chi connectivity index (χ2n) is 12.5. The van der Waals surface area contributed by atoms with Gasteiger partial charge in [0.15, 0.2) is 0 Å². The molecule has 0 aliphatic carbocycles. The van der Waals surface area contributed by atoms with Gasteiger partial charge in [0, 0.05) is 56.1 Å². The second kappa shape index (κ2) is 18.3. The van der Waals surface area contributed by atoms with Gasteiger partial charge in [-0.3, -0.25) is 9.59 Å². The molecule has 6 aromatic rings. The van der Waals surface area contributed by atoms with Crippen molar-refractivity contribution in [2.24, 2.45) is 5.73 Å². The van der Waals surface area contributed by atoms with Crippen molar-refractivity contribution in [3.8, 4) is 28.6 Å². The Kier molecular flexibility index (Phi) is 13.3. The first-order valence-electron chi connectivity index (χ1n) is 16.9. The smallest absolute Gasteiger partial charge is 0.228 e. The number of fused-ring (bicyclic) bond motifs is 6. The van der Waals surface area contributed by atoms with E-state index in [-0.39, 0.29) is 39.5 Å². The monoisotopic (exact) mass is 786 g/mol. The molecular weight excluding hydrogens is 747 g/mol. The SMILES string of the molecule is C.C.N#CCc1cccc(Nc2ncc3c(n2)-c2ccc(Cl)cc2NC(=O)C3)c1.NCCc1cccc(Nc2ncc3c(n2)-c2ccc(Cl)cc2NC(=O)C3)c1. The third-order valence-corrected chi connectivity index (χ3v) is 9.01. The van der Waals surface area contributed by atoms with Crippen LogP contribution in [0.5, 0.6) is 0 Å². The topological polar surface area (TPSA) is 184 Å². The predicted octanol–water partition coefficient (Wildman–Crippen LogP) is 8.91. The zero-order chi connectivity index (χ0) is 37.6. The van der Waals surface area contributed by atoms with Gasteiger partial charge in [-0.05, 0) is 84.8 Å². The summed E-state index contributed by atoms with van der Waals surface area (Å²) in [7, 11) is 0. The van der Waals surface area contributed by atoms with Crippen molar-refractivity contribution >= 4 is 69.7 Å². The summed E-state index contributed by atoms with van der Waals surface area (Å²) in [5.74, 6) is 0.633. The van der Waals surface area contributed by atoms with Crippen molar-refractivity contribution in [3.63, 3.8) is 0 Å². The van der Waals surface area contributed by atoms with Gasteiger partial charge >= 0.3 is 0 Å². The van der Waals surface area contributed by atoms with Crippen molar-refractivity contribution in [3.05, 3.63) is 130 Å². The van der Waals surface area contributed by atoms with Crippen LogP contribution < -0.4 is 27.0 Å². The van der Waals surface area contributed by atoms with E-state index in [9.17, 15) is 9.59 Å². The summed E-state index contributed by atoms with van der Waals surface area (Å²) in [6, 6.07) is 28.4. The van der Waals surface area contributed by atoms with Gasteiger partial charge < -0.3 is 27.0 Å². The first-order valence-corrected chi connectivity index (χ1v) is 17.7. The van der Waals surface area contributed by atoms with Crippen molar-refractivity contribution in [2.75, 3.05) is 27.8 Å². The average Bonchev–Trinajstić information content (AvgIpc) is 3.37. The van der Waals surface area contributed by atoms with E-state index in [1.807, 2.05) is 60.7 Å². The molecule has 12 nitrogen and oxygen atoms in total. The molecule has 284 valence electrons. The first kappa shape index (κ1) is 40.8. The van der Waals surface area contributed by atoms with Gasteiger partial charge in [0.1, 0.15) is 0 Å². The molecule has 0 bridgehead atoms. The van der Waals surface area contributed by atoms with E-state index in [4.69, 9.17) is 34.2 Å². The van der Waals surface area contributed by atoms with Gasteiger partial charge in [-0.15, -0.1) is 0 Å². The summed E-state index contributed by atoms with van der Waals surface area (Å²) in [5.41, 5.74) is 15.2. The largest absolute Gasteiger partial charge is 0.330 e. The Morgan fingerprint density at radius 3 is 1.66 bits per heavy atom. The Balaban J connectivity index is 0.000000207. The first-order chi connectivity index (χ1) is 26.2. The molecule has 0 atom stereocenters. The lowest BCUT2D eigenvalue weighted by atomic mass is 10.1. The van der Waals surface area contributed by atoms with Crippen molar-refractivity contribution in [1.82, 2.24) is 19.9 Å². The number of amides is 2. The molecule has 0 unspecified atom stereocenters. The molecule has 56 heavy (non-hydrogen) atoms. The standard InChI is InChI=1S/C20H18ClN5O.C20H14ClN5O.2CH4/c2*21-14-4-5-16-17(10-14)25-18(27)9-13-11-23-20(26-19(13)16)24-15-3-1-2-12(8-15)6-7-22;;/h1-5,8,10-11H,6-7,9,22H2,(H,25,27)(H,23,24,26);1-5,8,10-11H,6,9H2,(H,25,27)(H,23,24,26);2*1H4. The fraction of sp³-hybridized carbons (Fsp3) is 0.167. The van der Waals surface area contributed by atoms with Gasteiger partial charge in [-0.2, -0.15) is 5.26 Å². The summed E-state index contributed by atoms with van der Waals surface area (Å²) in [6.07, 6.45) is 4.91. The quantitative estimate of drug-likeness (QED) is 0.105. The van der Waals surface area contributed by atoms with E-state index in [2.05, 4.69) is 47.3 Å². The van der Waals surface area contributed by atoms with E-state index in [1.165, 1.54) is 0 Å². The van der Waals surface area contributed by atoms with Crippen LogP contribution in [0, 0.1) is 11.3 Å². The number of nitrogens with one attached hydrogen (secondary N) is 4. The zero-order valence-corrected chi connectivity index (χ0v) is 30.2. The Morgan fingerprint density at radius 1 is 0.696 bits per heavy atom. The fourth-order valence-corrected chi connectivity index (χ4v) is 6.47. The molecule has 2 aliphatic heterocycles. The Bertz CT molecular complexity index is 2450. The van der Waals surface area contributed by atoms with Crippen LogP contribution in [0.15, 0.2) is 97.3 Å². The van der Waals surface area contributed by atoms with E-state index < -0.39 is 0 Å². The van der Waals surface area contributed by atoms with Gasteiger partial charge in [0.05, 0.1) is 48.1 Å². The third kappa shape index (κ3) is 9.64. The van der Waals surface area contributed by atoms with E-state index in [1.54, 1.807) is 36.7 Å². The minimum absolute atomic E-state index is 0. The Hall–Kier alpha value is -6.39. The number of aromatic nitrogens is 4. The van der Waals surface area contributed by atoms with Crippen LogP contribution in [0.2, 0.25) is 10.0 Å². The molecule has 0 saturated heterocycles. The van der Waals surface area contributed by atoms with Crippen molar-refractivity contribution in [1.29, 1.82) is 5.26 Å². The molecule has 0 spiro atoms. The van der Waals surface area contributed by atoms with Crippen LogP contribution in [-0.2, 0) is 35.3 Å². The van der Waals surface area contributed by atoms with E-state index in [0.717, 1.165) is 56.9 Å². The predicted molar refractivity (Wildman–Crippen MR) is 225 cm³/mol. The molecule has 2 amide bonds. The number of hydrogen-bond acceptors (Lipinski definition) is 10. The highest BCUT2D eigenvalue weighted by atomic mass is 35.5. The van der Waals surface area contributed by atoms with Crippen LogP contribution in [0.4, 0.5) is 34.6 Å². The number of anilines is 6. The number of nitrogens with two attached hydrogens (primary N) is 1. The summed E-state index contributed by atoms with van der Waals surface area (Å²) in [6.45, 7) is 0.596. The highest BCUT2D eigenvalue weighted by Gasteiger charge is 2.23. The number of carbonyl (C=O) groups excluding carboxylic acids is 2. The lowest BCUT2D eigenvalue weighted by Gasteiger charge is -2.11. The number of hydrogen-bond donors (Lipinski definition) is 5. The highest BCUT2D eigenvalue weighted by Crippen LogP contribution is 2.36. The van der Waals surface area contributed by atoms with Crippen LogP contribution in [0.1, 0.15) is 37.1 Å². The second-order valence-corrected chi connectivity index (χ2v) is 13.4. The van der Waals surface area contributed by atoms with Crippen molar-refractivity contribution < 1.29 is 9.59 Å². The van der Waals surface area contributed by atoms with Gasteiger partial charge in [-0.1, -0.05) is 62.3 Å². The lowest BCUT2D eigenvalue weighted by Crippen LogP contribution is -2.12. The number of benzene rings is 4. The molecule has 4 aromatic carbocycles. The van der Waals surface area contributed by atoms with Crippen LogP contribution in [-0.4, -0.2) is 38.3 Å². The molecule has 0 radical (unpaired) electrons. The summed E-state index contributed by atoms with van der Waals surface area (Å²) in [4.78, 5) is 42.3. The Morgan fingerprint density at radius 2 is 1.18 bits per heavy atom. The molecule has 8 rings (SSSR count). The zero-order valence-electron chi connectivity index (χ0n) is 28.7. The molecule has 2 aromatic heterocycles. The van der Waals surface area contributed by atoms with Crippen LogP contribution >= 0.6 is 23.2 Å². The number of halogens is 2. The maximum absolute atomic E-state index is 12.2. The number of nitriles is 1. The number of rotatable bonds is 7. The van der Waals surface area contributed by atoms with E-state index in [0.29, 0.717) is 52.0 Å². The van der Waals surface area contributed by atoms with Crippen LogP contribution in [0.25, 0.3) is 22.5 Å². The molecule has 6 N–H and O–H groups in total. The number of carbonyl (C=O) groups is 2. The molecule has 14 heteroatoms. The van der Waals surface area contributed by atoms with E-state index >= 15 is 0 Å². The van der Waals surface area contributed by atoms with Gasteiger partial charge in [0.25, 0.3) is 0 Å². The Labute approximate surface area is 335 Å². The molecule has 4 heterocycles. The molecule has 2 aliphatic rings. The lowest BCUT2D eigenvalue weighted by molar-refractivity contribution is -0.116. The van der Waals surface area contributed by atoms with Gasteiger partial charge in [-0.25, -0.2) is 19.9 Å². The summed E-state index contributed by atoms with van der Waals surface area (Å²) < 4.78 is 0.